The van der Waals surface area contributed by atoms with Gasteiger partial charge >= 0.3 is 11.8 Å². The molecule has 1 N–H and O–H groups in total. The molecular formula is C17H22N4O2S. The van der Waals surface area contributed by atoms with Crippen LogP contribution in [0.25, 0.3) is 0 Å². The van der Waals surface area contributed by atoms with E-state index in [1.807, 2.05) is 13.8 Å². The number of hydrogen-bond acceptors (Lipinski definition) is 5. The average Bonchev–Trinajstić information content (AvgIpc) is 2.95. The van der Waals surface area contributed by atoms with Gasteiger partial charge < -0.3 is 10.2 Å². The molecule has 0 saturated heterocycles. The van der Waals surface area contributed by atoms with E-state index in [0.29, 0.717) is 11.6 Å². The minimum absolute atomic E-state index is 0.220. The van der Waals surface area contributed by atoms with E-state index in [4.69, 9.17) is 0 Å². The number of nitrogens with one attached hydrogen (secondary N) is 1. The zero-order valence-corrected chi connectivity index (χ0v) is 15.3. The van der Waals surface area contributed by atoms with Crippen LogP contribution in [0.15, 0.2) is 24.5 Å². The van der Waals surface area contributed by atoms with Crippen molar-refractivity contribution in [3.63, 3.8) is 0 Å². The summed E-state index contributed by atoms with van der Waals surface area (Å²) in [5.74, 6) is -0.932. The third kappa shape index (κ3) is 3.97. The van der Waals surface area contributed by atoms with Crippen LogP contribution in [0.4, 0.5) is 5.69 Å². The Balaban J connectivity index is 2.10. The van der Waals surface area contributed by atoms with Crippen LogP contribution in [0.5, 0.6) is 0 Å². The molecule has 0 aromatic carbocycles. The number of nitrogens with zero attached hydrogens (tertiary/aromatic N) is 3. The molecule has 24 heavy (non-hydrogen) atoms. The van der Waals surface area contributed by atoms with Crippen LogP contribution in [-0.2, 0) is 9.59 Å². The van der Waals surface area contributed by atoms with Crippen LogP contribution in [0.3, 0.4) is 0 Å². The van der Waals surface area contributed by atoms with Gasteiger partial charge in [-0.05, 0) is 26.0 Å². The Morgan fingerprint density at radius 2 is 2.00 bits per heavy atom. The highest BCUT2D eigenvalue weighted by Crippen LogP contribution is 2.31. The van der Waals surface area contributed by atoms with Crippen LogP contribution < -0.4 is 5.32 Å². The number of pyridine rings is 1. The lowest BCUT2D eigenvalue weighted by molar-refractivity contribution is -0.143. The third-order valence-electron chi connectivity index (χ3n) is 3.74. The van der Waals surface area contributed by atoms with E-state index >= 15 is 0 Å². The van der Waals surface area contributed by atoms with Crippen LogP contribution in [0, 0.1) is 6.92 Å². The molecule has 0 bridgehead atoms. The maximum atomic E-state index is 12.4. The molecule has 0 spiro atoms. The summed E-state index contributed by atoms with van der Waals surface area (Å²) in [7, 11) is 1.63. The zero-order chi connectivity index (χ0) is 17.9. The summed E-state index contributed by atoms with van der Waals surface area (Å²) in [6.07, 6.45) is 3.10. The third-order valence-corrected chi connectivity index (χ3v) is 5.37. The van der Waals surface area contributed by atoms with E-state index < -0.39 is 11.8 Å². The predicted molar refractivity (Wildman–Crippen MR) is 95.0 cm³/mol. The Labute approximate surface area is 145 Å². The van der Waals surface area contributed by atoms with Gasteiger partial charge in [0, 0.05) is 24.0 Å². The number of aryl methyl sites for hydroxylation is 1. The molecule has 7 heteroatoms. The number of likely N-dealkylation sites (N-methyl/N-ethyl adjacent to an activating group) is 1. The van der Waals surface area contributed by atoms with Crippen molar-refractivity contribution in [2.24, 2.45) is 0 Å². The standard InChI is InChI=1S/C17H22N4O2S/c1-10(2)16-19-11(3)14(24-16)12(4)21(5)17(23)15(22)20-13-7-6-8-18-9-13/h6-10,12H,1-5H3,(H,20,22)/t12-/m0/s1. The number of aromatic nitrogens is 2. The molecule has 0 fully saturated rings. The molecule has 0 aliphatic carbocycles. The first-order valence-corrected chi connectivity index (χ1v) is 8.58. The molecule has 1 atom stereocenters. The van der Waals surface area contributed by atoms with Gasteiger partial charge in [-0.3, -0.25) is 14.6 Å². The van der Waals surface area contributed by atoms with Gasteiger partial charge in [0.05, 0.1) is 28.6 Å². The van der Waals surface area contributed by atoms with E-state index in [1.54, 1.807) is 36.7 Å². The SMILES string of the molecule is Cc1nc(C(C)C)sc1[C@H](C)N(C)C(=O)C(=O)Nc1cccnc1. The van der Waals surface area contributed by atoms with Crippen LogP contribution in [0.2, 0.25) is 0 Å². The number of carbonyl (C=O) groups is 2. The number of carbonyl (C=O) groups excluding carboxylic acids is 2. The van der Waals surface area contributed by atoms with Crippen molar-refractivity contribution in [1.29, 1.82) is 0 Å². The molecule has 2 aromatic heterocycles. The Kier molecular flexibility index (Phi) is 5.66. The lowest BCUT2D eigenvalue weighted by atomic mass is 10.2. The smallest absolute Gasteiger partial charge is 0.313 e. The quantitative estimate of drug-likeness (QED) is 0.863. The largest absolute Gasteiger partial charge is 0.330 e. The first kappa shape index (κ1) is 18.1. The summed E-state index contributed by atoms with van der Waals surface area (Å²) >= 11 is 1.59. The molecule has 128 valence electrons. The molecule has 0 aliphatic rings. The molecule has 2 heterocycles. The highest BCUT2D eigenvalue weighted by atomic mass is 32.1. The molecule has 6 nitrogen and oxygen atoms in total. The van der Waals surface area contributed by atoms with Crippen molar-refractivity contribution in [1.82, 2.24) is 14.9 Å². The molecule has 0 saturated carbocycles. The van der Waals surface area contributed by atoms with Gasteiger partial charge in [-0.25, -0.2) is 4.98 Å². The minimum atomic E-state index is -0.677. The van der Waals surface area contributed by atoms with Crippen molar-refractivity contribution in [2.75, 3.05) is 12.4 Å². The Hall–Kier alpha value is -2.28. The van der Waals surface area contributed by atoms with Gasteiger partial charge in [-0.2, -0.15) is 0 Å². The highest BCUT2D eigenvalue weighted by Gasteiger charge is 2.26. The van der Waals surface area contributed by atoms with Gasteiger partial charge in [0.25, 0.3) is 0 Å². The molecule has 2 amide bonds. The summed E-state index contributed by atoms with van der Waals surface area (Å²) in [6.45, 7) is 8.01. The van der Waals surface area contributed by atoms with Crippen molar-refractivity contribution in [3.05, 3.63) is 40.1 Å². The second-order valence-electron chi connectivity index (χ2n) is 5.94. The van der Waals surface area contributed by atoms with E-state index in [9.17, 15) is 9.59 Å². The lowest BCUT2D eigenvalue weighted by Gasteiger charge is -2.23. The molecule has 0 radical (unpaired) electrons. The van der Waals surface area contributed by atoms with Gasteiger partial charge in [0.15, 0.2) is 0 Å². The average molecular weight is 346 g/mol. The summed E-state index contributed by atoms with van der Waals surface area (Å²) in [4.78, 5) is 35.4. The van der Waals surface area contributed by atoms with Crippen LogP contribution in [0.1, 0.15) is 48.3 Å². The van der Waals surface area contributed by atoms with E-state index in [1.165, 1.54) is 11.1 Å². The van der Waals surface area contributed by atoms with Gasteiger partial charge in [-0.1, -0.05) is 13.8 Å². The fourth-order valence-corrected chi connectivity index (χ4v) is 3.36. The van der Waals surface area contributed by atoms with Crippen molar-refractivity contribution in [2.45, 2.75) is 39.7 Å². The fourth-order valence-electron chi connectivity index (χ4n) is 2.20. The normalized spacial score (nSPS) is 12.1. The summed E-state index contributed by atoms with van der Waals surface area (Å²) < 4.78 is 0. The van der Waals surface area contributed by atoms with Gasteiger partial charge in [0.1, 0.15) is 0 Å². The van der Waals surface area contributed by atoms with Gasteiger partial charge in [-0.15, -0.1) is 11.3 Å². The van der Waals surface area contributed by atoms with Gasteiger partial charge in [0.2, 0.25) is 0 Å². The Bertz CT molecular complexity index is 727. The number of amides is 2. The zero-order valence-electron chi connectivity index (χ0n) is 14.5. The molecule has 0 unspecified atom stereocenters. The molecule has 0 aliphatic heterocycles. The monoisotopic (exact) mass is 346 g/mol. The highest BCUT2D eigenvalue weighted by molar-refractivity contribution is 7.11. The molecule has 2 aromatic rings. The topological polar surface area (TPSA) is 75.2 Å². The van der Waals surface area contributed by atoms with E-state index in [2.05, 4.69) is 29.1 Å². The first-order chi connectivity index (χ1) is 11.3. The number of anilines is 1. The molecular weight excluding hydrogens is 324 g/mol. The van der Waals surface area contributed by atoms with Crippen molar-refractivity contribution in [3.8, 4) is 0 Å². The van der Waals surface area contributed by atoms with Crippen LogP contribution >= 0.6 is 11.3 Å². The summed E-state index contributed by atoms with van der Waals surface area (Å²) in [6, 6.07) is 3.16. The number of rotatable bonds is 4. The maximum Gasteiger partial charge on any atom is 0.313 e. The van der Waals surface area contributed by atoms with Crippen molar-refractivity contribution < 1.29 is 9.59 Å². The Morgan fingerprint density at radius 3 is 2.54 bits per heavy atom. The fraction of sp³-hybridized carbons (Fsp3) is 0.412. The minimum Gasteiger partial charge on any atom is -0.330 e. The second kappa shape index (κ2) is 7.53. The number of thiazole rings is 1. The van der Waals surface area contributed by atoms with E-state index in [-0.39, 0.29) is 6.04 Å². The van der Waals surface area contributed by atoms with E-state index in [0.717, 1.165) is 15.6 Å². The maximum absolute atomic E-state index is 12.4. The predicted octanol–water partition coefficient (Wildman–Crippen LogP) is 3.13. The van der Waals surface area contributed by atoms with Crippen LogP contribution in [-0.4, -0.2) is 33.7 Å². The van der Waals surface area contributed by atoms with Crippen molar-refractivity contribution >= 4 is 28.8 Å². The number of hydrogen-bond donors (Lipinski definition) is 1. The lowest BCUT2D eigenvalue weighted by Crippen LogP contribution is -2.38. The summed E-state index contributed by atoms with van der Waals surface area (Å²) in [5.41, 5.74) is 1.40. The Morgan fingerprint density at radius 1 is 1.29 bits per heavy atom. The second-order valence-corrected chi connectivity index (χ2v) is 7.01. The summed E-state index contributed by atoms with van der Waals surface area (Å²) in [5, 5.41) is 3.60. The first-order valence-electron chi connectivity index (χ1n) is 7.76. The molecule has 2 rings (SSSR count).